The average Bonchev–Trinajstić information content (AvgIpc) is 2.62. The molecule has 4 N–H and O–H groups in total. The zero-order valence-electron chi connectivity index (χ0n) is 15.2. The van der Waals surface area contributed by atoms with Crippen molar-refractivity contribution in [3.63, 3.8) is 0 Å². The maximum absolute atomic E-state index is 5.80. The molecule has 4 nitrogen and oxygen atoms in total. The Morgan fingerprint density at radius 3 is 1.35 bits per heavy atom. The van der Waals surface area contributed by atoms with Gasteiger partial charge in [-0.1, -0.05) is 38.5 Å². The van der Waals surface area contributed by atoms with E-state index in [-0.39, 0.29) is 0 Å². The Morgan fingerprint density at radius 2 is 1.00 bits per heavy atom. The molecule has 0 unspecified atom stereocenters. The summed E-state index contributed by atoms with van der Waals surface area (Å²) in [6.07, 6.45) is 16.3. The van der Waals surface area contributed by atoms with Gasteiger partial charge in [0.1, 0.15) is 0 Å². The third kappa shape index (κ3) is 6.69. The van der Waals surface area contributed by atoms with E-state index >= 15 is 0 Å². The summed E-state index contributed by atoms with van der Waals surface area (Å²) in [6.45, 7) is 5.13. The minimum atomic E-state index is 0.791. The lowest BCUT2D eigenvalue weighted by Gasteiger charge is -2.42. The van der Waals surface area contributed by atoms with Crippen LogP contribution in [0.15, 0.2) is 0 Å². The maximum Gasteiger partial charge on any atom is 0.0511 e. The summed E-state index contributed by atoms with van der Waals surface area (Å²) in [5, 5.41) is 0. The number of hydrogen-bond acceptors (Lipinski definition) is 4. The maximum atomic E-state index is 5.80. The van der Waals surface area contributed by atoms with Crippen LogP contribution in [0.4, 0.5) is 0 Å². The highest BCUT2D eigenvalue weighted by molar-refractivity contribution is 4.80. The van der Waals surface area contributed by atoms with Crippen molar-refractivity contribution >= 4 is 0 Å². The largest absolute Gasteiger partial charge is 0.330 e. The van der Waals surface area contributed by atoms with Gasteiger partial charge in [-0.3, -0.25) is 9.80 Å². The summed E-state index contributed by atoms with van der Waals surface area (Å²) in [4.78, 5) is 5.52. The first kappa shape index (κ1) is 19.2. The predicted molar refractivity (Wildman–Crippen MR) is 99.4 cm³/mol. The molecule has 2 rings (SSSR count). The predicted octanol–water partition coefficient (Wildman–Crippen LogP) is 2.91. The van der Waals surface area contributed by atoms with Crippen molar-refractivity contribution < 1.29 is 0 Å². The summed E-state index contributed by atoms with van der Waals surface area (Å²) in [7, 11) is 0. The van der Waals surface area contributed by atoms with E-state index in [1.165, 1.54) is 77.3 Å². The molecule has 0 spiro atoms. The third-order valence-electron chi connectivity index (χ3n) is 5.84. The molecule has 0 radical (unpaired) electrons. The highest BCUT2D eigenvalue weighted by Gasteiger charge is 2.26. The molecule has 0 aliphatic heterocycles. The second-order valence-corrected chi connectivity index (χ2v) is 7.63. The Kier molecular flexibility index (Phi) is 9.50. The molecule has 0 aromatic heterocycles. The summed E-state index contributed by atoms with van der Waals surface area (Å²) < 4.78 is 0. The molecular weight excluding hydrogens is 284 g/mol. The number of hydrogen-bond donors (Lipinski definition) is 2. The monoisotopic (exact) mass is 324 g/mol. The molecular formula is C19H40N4. The minimum absolute atomic E-state index is 0.791. The van der Waals surface area contributed by atoms with E-state index in [1.54, 1.807) is 0 Å². The quantitative estimate of drug-likeness (QED) is 0.607. The van der Waals surface area contributed by atoms with Crippen molar-refractivity contribution in [2.24, 2.45) is 11.5 Å². The van der Waals surface area contributed by atoms with E-state index in [0.29, 0.717) is 0 Å². The van der Waals surface area contributed by atoms with Gasteiger partial charge in [0.05, 0.1) is 6.67 Å². The molecule has 4 heteroatoms. The van der Waals surface area contributed by atoms with Gasteiger partial charge in [-0.05, 0) is 51.6 Å². The molecule has 2 saturated carbocycles. The van der Waals surface area contributed by atoms with Crippen molar-refractivity contribution in [1.29, 1.82) is 0 Å². The fourth-order valence-corrected chi connectivity index (χ4v) is 4.45. The highest BCUT2D eigenvalue weighted by atomic mass is 15.3. The minimum Gasteiger partial charge on any atom is -0.330 e. The third-order valence-corrected chi connectivity index (χ3v) is 5.84. The zero-order chi connectivity index (χ0) is 16.3. The van der Waals surface area contributed by atoms with Gasteiger partial charge in [0.25, 0.3) is 0 Å². The lowest BCUT2D eigenvalue weighted by atomic mass is 9.93. The van der Waals surface area contributed by atoms with Crippen LogP contribution in [0.5, 0.6) is 0 Å². The molecule has 23 heavy (non-hydrogen) atoms. The number of nitrogens with zero attached hydrogens (tertiary/aromatic N) is 2. The lowest BCUT2D eigenvalue weighted by Crippen LogP contribution is -2.49. The molecule has 0 saturated heterocycles. The van der Waals surface area contributed by atoms with Gasteiger partial charge >= 0.3 is 0 Å². The summed E-state index contributed by atoms with van der Waals surface area (Å²) >= 11 is 0. The van der Waals surface area contributed by atoms with Crippen molar-refractivity contribution in [3.8, 4) is 0 Å². The molecule has 2 aliphatic rings. The standard InChI is InChI=1S/C19H40N4/c20-13-7-15-22(18-9-3-1-4-10-18)17-23(16-8-14-21)19-11-5-2-6-12-19/h18-19H,1-17,20-21H2. The van der Waals surface area contributed by atoms with Gasteiger partial charge < -0.3 is 11.5 Å². The van der Waals surface area contributed by atoms with E-state index in [1.807, 2.05) is 0 Å². The van der Waals surface area contributed by atoms with E-state index in [4.69, 9.17) is 11.5 Å². The van der Waals surface area contributed by atoms with E-state index in [2.05, 4.69) is 9.80 Å². The summed E-state index contributed by atoms with van der Waals surface area (Å²) in [5.74, 6) is 0. The first-order valence-corrected chi connectivity index (χ1v) is 10.2. The fraction of sp³-hybridized carbons (Fsp3) is 1.00. The smallest absolute Gasteiger partial charge is 0.0511 e. The van der Waals surface area contributed by atoms with Crippen LogP contribution in [0, 0.1) is 0 Å². The van der Waals surface area contributed by atoms with Crippen molar-refractivity contribution in [1.82, 2.24) is 9.80 Å². The molecule has 2 fully saturated rings. The molecule has 2 aliphatic carbocycles. The van der Waals surface area contributed by atoms with Crippen LogP contribution in [-0.2, 0) is 0 Å². The van der Waals surface area contributed by atoms with Crippen molar-refractivity contribution in [2.45, 2.75) is 89.1 Å². The Balaban J connectivity index is 1.94. The fourth-order valence-electron chi connectivity index (χ4n) is 4.45. The van der Waals surface area contributed by atoms with Gasteiger partial charge in [-0.2, -0.15) is 0 Å². The molecule has 0 aromatic carbocycles. The van der Waals surface area contributed by atoms with Gasteiger partial charge in [0.2, 0.25) is 0 Å². The van der Waals surface area contributed by atoms with Gasteiger partial charge in [0, 0.05) is 25.2 Å². The Morgan fingerprint density at radius 1 is 0.609 bits per heavy atom. The second-order valence-electron chi connectivity index (χ2n) is 7.63. The molecule has 0 amide bonds. The van der Waals surface area contributed by atoms with Crippen LogP contribution in [0.1, 0.15) is 77.0 Å². The van der Waals surface area contributed by atoms with E-state index < -0.39 is 0 Å². The molecule has 0 atom stereocenters. The van der Waals surface area contributed by atoms with Crippen LogP contribution in [-0.4, -0.2) is 54.7 Å². The Bertz CT molecular complexity index is 257. The first-order chi connectivity index (χ1) is 11.3. The second kappa shape index (κ2) is 11.4. The first-order valence-electron chi connectivity index (χ1n) is 10.2. The summed E-state index contributed by atoms with van der Waals surface area (Å²) in [5.41, 5.74) is 11.6. The lowest BCUT2D eigenvalue weighted by molar-refractivity contribution is 0.0375. The molecule has 136 valence electrons. The molecule has 0 heterocycles. The molecule has 0 aromatic rings. The Labute approximate surface area is 143 Å². The van der Waals surface area contributed by atoms with Gasteiger partial charge in [-0.25, -0.2) is 0 Å². The number of rotatable bonds is 10. The Hall–Kier alpha value is -0.160. The van der Waals surface area contributed by atoms with E-state index in [0.717, 1.165) is 44.7 Å². The van der Waals surface area contributed by atoms with E-state index in [9.17, 15) is 0 Å². The van der Waals surface area contributed by atoms with Gasteiger partial charge in [-0.15, -0.1) is 0 Å². The highest BCUT2D eigenvalue weighted by Crippen LogP contribution is 2.26. The average molecular weight is 325 g/mol. The summed E-state index contributed by atoms with van der Waals surface area (Å²) in [6, 6.07) is 1.58. The zero-order valence-corrected chi connectivity index (χ0v) is 15.2. The van der Waals surface area contributed by atoms with Crippen LogP contribution in [0.25, 0.3) is 0 Å². The van der Waals surface area contributed by atoms with Crippen LogP contribution in [0.3, 0.4) is 0 Å². The SMILES string of the molecule is NCCCN(CN(CCCN)C1CCCCC1)C1CCCCC1. The van der Waals surface area contributed by atoms with Crippen molar-refractivity contribution in [3.05, 3.63) is 0 Å². The molecule has 0 bridgehead atoms. The normalized spacial score (nSPS) is 21.4. The topological polar surface area (TPSA) is 58.5 Å². The van der Waals surface area contributed by atoms with Crippen LogP contribution < -0.4 is 11.5 Å². The van der Waals surface area contributed by atoms with Gasteiger partial charge in [0.15, 0.2) is 0 Å². The number of nitrogens with two attached hydrogens (primary N) is 2. The van der Waals surface area contributed by atoms with Crippen molar-refractivity contribution in [2.75, 3.05) is 32.8 Å². The van der Waals surface area contributed by atoms with Crippen LogP contribution >= 0.6 is 0 Å². The van der Waals surface area contributed by atoms with Crippen LogP contribution in [0.2, 0.25) is 0 Å².